The van der Waals surface area contributed by atoms with Crippen molar-refractivity contribution in [1.82, 2.24) is 10.2 Å². The van der Waals surface area contributed by atoms with Crippen LogP contribution in [-0.2, 0) is 4.74 Å². The molecule has 0 aromatic heterocycles. The molecule has 0 saturated carbocycles. The molecule has 0 radical (unpaired) electrons. The molecular formula is C22H23IN2O5. The zero-order valence-electron chi connectivity index (χ0n) is 16.6. The van der Waals surface area contributed by atoms with Gasteiger partial charge in [-0.05, 0) is 78.8 Å². The van der Waals surface area contributed by atoms with Gasteiger partial charge in [0.25, 0.3) is 11.8 Å². The third kappa shape index (κ3) is 5.71. The molecule has 0 aliphatic carbocycles. The molecule has 1 fully saturated rings. The molecule has 0 bridgehead atoms. The molecule has 1 saturated heterocycles. The molecule has 30 heavy (non-hydrogen) atoms. The first-order valence-corrected chi connectivity index (χ1v) is 10.8. The average molecular weight is 522 g/mol. The number of hydrogen-bond acceptors (Lipinski definition) is 5. The predicted octanol–water partition coefficient (Wildman–Crippen LogP) is 3.86. The van der Waals surface area contributed by atoms with Gasteiger partial charge in [0.15, 0.2) is 0 Å². The number of nitrogens with one attached hydrogen (secondary N) is 1. The van der Waals surface area contributed by atoms with Gasteiger partial charge < -0.3 is 19.7 Å². The van der Waals surface area contributed by atoms with Crippen LogP contribution in [0.4, 0.5) is 4.79 Å². The first-order valence-electron chi connectivity index (χ1n) is 9.77. The van der Waals surface area contributed by atoms with E-state index in [9.17, 15) is 14.4 Å². The van der Waals surface area contributed by atoms with Gasteiger partial charge in [-0.2, -0.15) is 0 Å². The van der Waals surface area contributed by atoms with Gasteiger partial charge in [-0.25, -0.2) is 4.79 Å². The number of ether oxygens (including phenoxy) is 2. The highest BCUT2D eigenvalue weighted by Crippen LogP contribution is 2.18. The summed E-state index contributed by atoms with van der Waals surface area (Å²) in [6.07, 6.45) is 0.626. The summed E-state index contributed by atoms with van der Waals surface area (Å²) in [6.45, 7) is 3.06. The van der Waals surface area contributed by atoms with Crippen molar-refractivity contribution in [3.8, 4) is 5.75 Å². The van der Waals surface area contributed by atoms with Crippen LogP contribution < -0.4 is 10.1 Å². The highest BCUT2D eigenvalue weighted by Gasteiger charge is 2.25. The van der Waals surface area contributed by atoms with Crippen LogP contribution in [0.5, 0.6) is 5.75 Å². The summed E-state index contributed by atoms with van der Waals surface area (Å²) in [5.41, 5.74) is 1.19. The Kier molecular flexibility index (Phi) is 7.67. The van der Waals surface area contributed by atoms with Gasteiger partial charge in [0.1, 0.15) is 5.75 Å². The molecule has 2 aromatic rings. The monoisotopic (exact) mass is 522 g/mol. The van der Waals surface area contributed by atoms with Gasteiger partial charge in [0, 0.05) is 28.3 Å². The van der Waals surface area contributed by atoms with Crippen molar-refractivity contribution >= 4 is 40.6 Å². The lowest BCUT2D eigenvalue weighted by Crippen LogP contribution is -2.46. The Labute approximate surface area is 188 Å². The van der Waals surface area contributed by atoms with E-state index in [-0.39, 0.29) is 24.5 Å². The molecular weight excluding hydrogens is 499 g/mol. The zero-order chi connectivity index (χ0) is 21.5. The van der Waals surface area contributed by atoms with E-state index in [1.807, 2.05) is 24.3 Å². The molecule has 0 spiro atoms. The van der Waals surface area contributed by atoms with Crippen LogP contribution in [0.2, 0.25) is 0 Å². The first-order chi connectivity index (χ1) is 14.5. The second kappa shape index (κ2) is 10.4. The number of halogens is 1. The van der Waals surface area contributed by atoms with E-state index in [0.717, 1.165) is 3.57 Å². The fraction of sp³-hybridized carbons (Fsp3) is 0.318. The standard InChI is InChI=1S/C22H23IN2O5/c1-2-29-22(28)30-17-9-7-15(8-10-17)21(27)25-13-11-16(12-14-25)24-20(26)18-5-3-4-6-19(18)23/h3-10,16H,2,11-14H2,1H3,(H,24,26). The van der Waals surface area contributed by atoms with Crippen LogP contribution in [0.3, 0.4) is 0 Å². The summed E-state index contributed by atoms with van der Waals surface area (Å²) in [5.74, 6) is 0.156. The summed E-state index contributed by atoms with van der Waals surface area (Å²) in [4.78, 5) is 38.3. The van der Waals surface area contributed by atoms with Gasteiger partial charge in [-0.15, -0.1) is 0 Å². The van der Waals surface area contributed by atoms with Crippen LogP contribution in [0.25, 0.3) is 0 Å². The van der Waals surface area contributed by atoms with Crippen molar-refractivity contribution in [3.05, 3.63) is 63.2 Å². The maximum absolute atomic E-state index is 12.7. The lowest BCUT2D eigenvalue weighted by atomic mass is 10.0. The Morgan fingerprint density at radius 3 is 2.37 bits per heavy atom. The van der Waals surface area contributed by atoms with Gasteiger partial charge >= 0.3 is 6.16 Å². The van der Waals surface area contributed by atoms with Gasteiger partial charge in [-0.1, -0.05) is 12.1 Å². The lowest BCUT2D eigenvalue weighted by molar-refractivity contribution is 0.0698. The van der Waals surface area contributed by atoms with Crippen molar-refractivity contribution in [2.75, 3.05) is 19.7 Å². The van der Waals surface area contributed by atoms with E-state index in [2.05, 4.69) is 27.9 Å². The third-order valence-corrected chi connectivity index (χ3v) is 5.74. The minimum absolute atomic E-state index is 0.0397. The number of hydrogen-bond donors (Lipinski definition) is 1. The van der Waals surface area contributed by atoms with Gasteiger partial charge in [-0.3, -0.25) is 9.59 Å². The zero-order valence-corrected chi connectivity index (χ0v) is 18.8. The van der Waals surface area contributed by atoms with E-state index >= 15 is 0 Å². The molecule has 0 unspecified atom stereocenters. The molecule has 1 heterocycles. The molecule has 1 aliphatic rings. The Hall–Kier alpha value is -2.62. The summed E-state index contributed by atoms with van der Waals surface area (Å²) < 4.78 is 10.6. The smallest absolute Gasteiger partial charge is 0.434 e. The average Bonchev–Trinajstić information content (AvgIpc) is 2.75. The Bertz CT molecular complexity index is 908. The Morgan fingerprint density at radius 2 is 1.73 bits per heavy atom. The van der Waals surface area contributed by atoms with Crippen LogP contribution >= 0.6 is 22.6 Å². The second-order valence-corrected chi connectivity index (χ2v) is 7.99. The quantitative estimate of drug-likeness (QED) is 0.367. The van der Waals surface area contributed by atoms with Crippen molar-refractivity contribution in [1.29, 1.82) is 0 Å². The van der Waals surface area contributed by atoms with Crippen molar-refractivity contribution in [3.63, 3.8) is 0 Å². The summed E-state index contributed by atoms with van der Waals surface area (Å²) >= 11 is 2.15. The molecule has 2 aromatic carbocycles. The summed E-state index contributed by atoms with van der Waals surface area (Å²) in [7, 11) is 0. The summed E-state index contributed by atoms with van der Waals surface area (Å²) in [5, 5.41) is 3.07. The molecule has 3 rings (SSSR count). The van der Waals surface area contributed by atoms with E-state index in [4.69, 9.17) is 9.47 Å². The van der Waals surface area contributed by atoms with Gasteiger partial charge in [0.2, 0.25) is 0 Å². The largest absolute Gasteiger partial charge is 0.513 e. The summed E-state index contributed by atoms with van der Waals surface area (Å²) in [6, 6.07) is 13.9. The number of likely N-dealkylation sites (tertiary alicyclic amines) is 1. The van der Waals surface area contributed by atoms with Crippen molar-refractivity contribution in [2.24, 2.45) is 0 Å². The van der Waals surface area contributed by atoms with E-state index in [0.29, 0.717) is 42.8 Å². The Morgan fingerprint density at radius 1 is 1.07 bits per heavy atom. The van der Waals surface area contributed by atoms with E-state index in [1.54, 1.807) is 36.1 Å². The normalized spacial score (nSPS) is 14.1. The number of carbonyl (C=O) groups excluding carboxylic acids is 3. The molecule has 2 amide bonds. The molecule has 0 atom stereocenters. The van der Waals surface area contributed by atoms with Crippen LogP contribution in [0, 0.1) is 3.57 Å². The number of amides is 2. The van der Waals surface area contributed by atoms with Crippen LogP contribution in [-0.4, -0.2) is 48.6 Å². The first kappa shape index (κ1) is 22.1. The second-order valence-electron chi connectivity index (χ2n) is 6.83. The van der Waals surface area contributed by atoms with Crippen LogP contribution in [0.1, 0.15) is 40.5 Å². The molecule has 158 valence electrons. The highest BCUT2D eigenvalue weighted by atomic mass is 127. The third-order valence-electron chi connectivity index (χ3n) is 4.80. The van der Waals surface area contributed by atoms with Crippen LogP contribution in [0.15, 0.2) is 48.5 Å². The van der Waals surface area contributed by atoms with E-state index in [1.165, 1.54) is 0 Å². The molecule has 1 N–H and O–H groups in total. The number of piperidine rings is 1. The van der Waals surface area contributed by atoms with E-state index < -0.39 is 6.16 Å². The molecule has 8 heteroatoms. The topological polar surface area (TPSA) is 84.9 Å². The SMILES string of the molecule is CCOC(=O)Oc1ccc(C(=O)N2CCC(NC(=O)c3ccccc3I)CC2)cc1. The van der Waals surface area contributed by atoms with Gasteiger partial charge in [0.05, 0.1) is 12.2 Å². The van der Waals surface area contributed by atoms with Crippen molar-refractivity contribution in [2.45, 2.75) is 25.8 Å². The maximum atomic E-state index is 12.7. The number of benzene rings is 2. The predicted molar refractivity (Wildman–Crippen MR) is 120 cm³/mol. The minimum Gasteiger partial charge on any atom is -0.434 e. The molecule has 7 nitrogen and oxygen atoms in total. The van der Waals surface area contributed by atoms with Crippen molar-refractivity contribution < 1.29 is 23.9 Å². The number of rotatable bonds is 5. The number of nitrogens with zero attached hydrogens (tertiary/aromatic N) is 1. The Balaban J connectivity index is 1.51. The highest BCUT2D eigenvalue weighted by molar-refractivity contribution is 14.1. The lowest BCUT2D eigenvalue weighted by Gasteiger charge is -2.32. The maximum Gasteiger partial charge on any atom is 0.513 e. The minimum atomic E-state index is -0.772. The number of carbonyl (C=O) groups is 3. The molecule has 1 aliphatic heterocycles. The fourth-order valence-corrected chi connectivity index (χ4v) is 3.86. The fourth-order valence-electron chi connectivity index (χ4n) is 3.23.